The largest absolute Gasteiger partial charge is 0.492 e. The van der Waals surface area contributed by atoms with Crippen molar-refractivity contribution < 1.29 is 17.9 Å². The van der Waals surface area contributed by atoms with Gasteiger partial charge in [0.15, 0.2) is 0 Å². The highest BCUT2D eigenvalue weighted by atomic mass is 35.5. The fraction of sp³-hybridized carbons (Fsp3) is 0.409. The van der Waals surface area contributed by atoms with E-state index in [0.717, 1.165) is 24.8 Å². The van der Waals surface area contributed by atoms with Crippen LogP contribution in [-0.4, -0.2) is 33.5 Å². The minimum Gasteiger partial charge on any atom is -0.492 e. The quantitative estimate of drug-likeness (QED) is 0.478. The lowest BCUT2D eigenvalue weighted by molar-refractivity contribution is -0.122. The van der Waals surface area contributed by atoms with Crippen molar-refractivity contribution in [2.24, 2.45) is 0 Å². The summed E-state index contributed by atoms with van der Waals surface area (Å²) in [6, 6.07) is 12.6. The Hall–Kier alpha value is -2.09. The topological polar surface area (TPSA) is 84.5 Å². The van der Waals surface area contributed by atoms with Gasteiger partial charge in [-0.25, -0.2) is 8.42 Å². The molecule has 0 radical (unpaired) electrons. The third-order valence-electron chi connectivity index (χ3n) is 4.49. The van der Waals surface area contributed by atoms with Crippen LogP contribution < -0.4 is 14.8 Å². The highest BCUT2D eigenvalue weighted by molar-refractivity contribution is 7.89. The van der Waals surface area contributed by atoms with Crippen molar-refractivity contribution in [1.82, 2.24) is 10.0 Å². The summed E-state index contributed by atoms with van der Waals surface area (Å²) in [5.74, 6) is 0.0585. The van der Waals surface area contributed by atoms with Gasteiger partial charge in [0.05, 0.1) is 16.5 Å². The fourth-order valence-electron chi connectivity index (χ4n) is 2.92. The fourth-order valence-corrected chi connectivity index (χ4v) is 4.45. The van der Waals surface area contributed by atoms with Crippen molar-refractivity contribution in [2.75, 3.05) is 13.2 Å². The molecule has 30 heavy (non-hydrogen) atoms. The number of ether oxygens (including phenoxy) is 1. The second-order valence-corrected chi connectivity index (χ2v) is 9.01. The van der Waals surface area contributed by atoms with Gasteiger partial charge in [0, 0.05) is 6.54 Å². The molecule has 164 valence electrons. The second-order valence-electron chi connectivity index (χ2n) is 6.89. The number of unbranched alkanes of at least 4 members (excludes halogenated alkanes) is 2. The highest BCUT2D eigenvalue weighted by Gasteiger charge is 2.26. The number of amides is 1. The predicted octanol–water partition coefficient (Wildman–Crippen LogP) is 3.93. The SMILES string of the molecule is CCCCCNC(=O)[C@H](Cc1ccccc1)NS(=O)(=O)c1ccc(OCC)c(Cl)c1. The van der Waals surface area contributed by atoms with Gasteiger partial charge in [-0.15, -0.1) is 0 Å². The standard InChI is InChI=1S/C22H29ClN2O4S/c1-3-5-9-14-24-22(26)20(15-17-10-7-6-8-11-17)25-30(27,28)18-12-13-21(29-4-2)19(23)16-18/h6-8,10-13,16,20,25H,3-5,9,14-15H2,1-2H3,(H,24,26)/t20-/m0/s1. The molecule has 0 heterocycles. The summed E-state index contributed by atoms with van der Waals surface area (Å²) >= 11 is 6.14. The predicted molar refractivity (Wildman–Crippen MR) is 119 cm³/mol. The maximum atomic E-state index is 12.9. The van der Waals surface area contributed by atoms with Crippen LogP contribution in [0, 0.1) is 0 Å². The van der Waals surface area contributed by atoms with Crippen LogP contribution in [-0.2, 0) is 21.2 Å². The number of hydrogen-bond acceptors (Lipinski definition) is 4. The van der Waals surface area contributed by atoms with Crippen molar-refractivity contribution in [3.05, 3.63) is 59.1 Å². The number of halogens is 1. The van der Waals surface area contributed by atoms with Gasteiger partial charge in [0.25, 0.3) is 0 Å². The lowest BCUT2D eigenvalue weighted by atomic mass is 10.1. The smallest absolute Gasteiger partial charge is 0.241 e. The van der Waals surface area contributed by atoms with E-state index in [-0.39, 0.29) is 22.2 Å². The van der Waals surface area contributed by atoms with Crippen LogP contribution >= 0.6 is 11.6 Å². The molecule has 0 aliphatic carbocycles. The Labute approximate surface area is 184 Å². The summed E-state index contributed by atoms with van der Waals surface area (Å²) in [5, 5.41) is 3.03. The first-order valence-corrected chi connectivity index (χ1v) is 12.0. The summed E-state index contributed by atoms with van der Waals surface area (Å²) in [5.41, 5.74) is 0.860. The Bertz CT molecular complexity index is 920. The molecular formula is C22H29ClN2O4S. The van der Waals surface area contributed by atoms with Crippen molar-refractivity contribution >= 4 is 27.5 Å². The van der Waals surface area contributed by atoms with E-state index in [1.807, 2.05) is 37.3 Å². The van der Waals surface area contributed by atoms with E-state index in [0.29, 0.717) is 18.9 Å². The van der Waals surface area contributed by atoms with Gasteiger partial charge in [0.2, 0.25) is 15.9 Å². The third-order valence-corrected chi connectivity index (χ3v) is 6.25. The summed E-state index contributed by atoms with van der Waals surface area (Å²) in [7, 11) is -3.96. The van der Waals surface area contributed by atoms with Crippen LogP contribution in [0.15, 0.2) is 53.4 Å². The molecule has 0 aliphatic heterocycles. The van der Waals surface area contributed by atoms with Gasteiger partial charge >= 0.3 is 0 Å². The van der Waals surface area contributed by atoms with Crippen LogP contribution in [0.4, 0.5) is 0 Å². The molecule has 0 unspecified atom stereocenters. The van der Waals surface area contributed by atoms with Gasteiger partial charge in [0.1, 0.15) is 11.8 Å². The summed E-state index contributed by atoms with van der Waals surface area (Å²) in [6.07, 6.45) is 3.13. The Kier molecular flexibility index (Phi) is 9.62. The molecule has 6 nitrogen and oxygen atoms in total. The molecule has 1 atom stereocenters. The summed E-state index contributed by atoms with van der Waals surface area (Å²) in [6.45, 7) is 4.82. The number of carbonyl (C=O) groups is 1. The van der Waals surface area contributed by atoms with Crippen LogP contribution in [0.3, 0.4) is 0 Å². The molecule has 0 bridgehead atoms. The molecule has 1 amide bonds. The minimum atomic E-state index is -3.96. The first-order valence-electron chi connectivity index (χ1n) is 10.1. The molecule has 0 spiro atoms. The average molecular weight is 453 g/mol. The van der Waals surface area contributed by atoms with E-state index in [1.165, 1.54) is 18.2 Å². The van der Waals surface area contributed by atoms with E-state index in [4.69, 9.17) is 16.3 Å². The van der Waals surface area contributed by atoms with E-state index >= 15 is 0 Å². The molecule has 8 heteroatoms. The van der Waals surface area contributed by atoms with Crippen molar-refractivity contribution in [3.63, 3.8) is 0 Å². The lowest BCUT2D eigenvalue weighted by Crippen LogP contribution is -2.48. The molecule has 2 aromatic rings. The van der Waals surface area contributed by atoms with Crippen molar-refractivity contribution in [3.8, 4) is 5.75 Å². The zero-order valence-electron chi connectivity index (χ0n) is 17.4. The van der Waals surface area contributed by atoms with E-state index in [9.17, 15) is 13.2 Å². The van der Waals surface area contributed by atoms with Gasteiger partial charge in [-0.1, -0.05) is 61.7 Å². The molecule has 0 saturated heterocycles. The molecule has 0 aromatic heterocycles. The highest BCUT2D eigenvalue weighted by Crippen LogP contribution is 2.27. The van der Waals surface area contributed by atoms with Crippen LogP contribution in [0.25, 0.3) is 0 Å². The summed E-state index contributed by atoms with van der Waals surface area (Å²) < 4.78 is 33.8. The van der Waals surface area contributed by atoms with Crippen LogP contribution in [0.5, 0.6) is 5.75 Å². The maximum absolute atomic E-state index is 12.9. The van der Waals surface area contributed by atoms with E-state index < -0.39 is 16.1 Å². The Morgan fingerprint density at radius 1 is 1.10 bits per heavy atom. The van der Waals surface area contributed by atoms with Gasteiger partial charge in [-0.05, 0) is 43.5 Å². The van der Waals surface area contributed by atoms with Gasteiger partial charge in [-0.3, -0.25) is 4.79 Å². The zero-order valence-corrected chi connectivity index (χ0v) is 18.9. The van der Waals surface area contributed by atoms with Crippen molar-refractivity contribution in [2.45, 2.75) is 50.5 Å². The Balaban J connectivity index is 2.20. The van der Waals surface area contributed by atoms with Gasteiger partial charge < -0.3 is 10.1 Å². The lowest BCUT2D eigenvalue weighted by Gasteiger charge is -2.19. The van der Waals surface area contributed by atoms with E-state index in [2.05, 4.69) is 17.0 Å². The second kappa shape index (κ2) is 11.9. The van der Waals surface area contributed by atoms with Gasteiger partial charge in [-0.2, -0.15) is 4.72 Å². The average Bonchev–Trinajstić information content (AvgIpc) is 2.72. The molecule has 0 saturated carbocycles. The minimum absolute atomic E-state index is 0.0206. The van der Waals surface area contributed by atoms with Crippen LogP contribution in [0.1, 0.15) is 38.7 Å². The Morgan fingerprint density at radius 2 is 1.83 bits per heavy atom. The van der Waals surface area contributed by atoms with E-state index in [1.54, 1.807) is 0 Å². The number of carbonyl (C=O) groups excluding carboxylic acids is 1. The number of benzene rings is 2. The Morgan fingerprint density at radius 3 is 2.47 bits per heavy atom. The monoisotopic (exact) mass is 452 g/mol. The first kappa shape index (κ1) is 24.2. The summed E-state index contributed by atoms with van der Waals surface area (Å²) in [4.78, 5) is 12.7. The molecule has 0 fully saturated rings. The number of nitrogens with one attached hydrogen (secondary N) is 2. The molecule has 2 rings (SSSR count). The number of sulfonamides is 1. The molecule has 0 aliphatic rings. The first-order chi connectivity index (χ1) is 14.4. The number of rotatable bonds is 12. The zero-order chi connectivity index (χ0) is 22.0. The third kappa shape index (κ3) is 7.31. The van der Waals surface area contributed by atoms with Crippen LogP contribution in [0.2, 0.25) is 5.02 Å². The molecular weight excluding hydrogens is 424 g/mol. The molecule has 2 N–H and O–H groups in total. The van der Waals surface area contributed by atoms with Crippen molar-refractivity contribution in [1.29, 1.82) is 0 Å². The number of hydrogen-bond donors (Lipinski definition) is 2. The maximum Gasteiger partial charge on any atom is 0.241 e. The molecule has 2 aromatic carbocycles. The normalized spacial score (nSPS) is 12.4.